The molecule has 5 heteroatoms. The number of amides is 1. The molecule has 1 aliphatic carbocycles. The first kappa shape index (κ1) is 15.0. The number of carbonyl (C=O) groups is 2. The van der Waals surface area contributed by atoms with Gasteiger partial charge in [-0.15, -0.1) is 0 Å². The summed E-state index contributed by atoms with van der Waals surface area (Å²) in [4.78, 5) is 23.9. The molecule has 1 saturated carbocycles. The van der Waals surface area contributed by atoms with Gasteiger partial charge in [0.15, 0.2) is 0 Å². The minimum atomic E-state index is -0.806. The molecule has 1 fully saturated rings. The van der Waals surface area contributed by atoms with Gasteiger partial charge in [0.05, 0.1) is 12.6 Å². The van der Waals surface area contributed by atoms with Crippen LogP contribution in [0.15, 0.2) is 0 Å². The Morgan fingerprint density at radius 2 is 1.94 bits per heavy atom. The highest BCUT2D eigenvalue weighted by Gasteiger charge is 2.39. The first-order chi connectivity index (χ1) is 8.44. The van der Waals surface area contributed by atoms with Gasteiger partial charge < -0.3 is 15.8 Å². The molecule has 0 saturated heterocycles. The van der Waals surface area contributed by atoms with Gasteiger partial charge in [-0.2, -0.15) is 0 Å². The number of esters is 1. The van der Waals surface area contributed by atoms with Crippen molar-refractivity contribution in [3.63, 3.8) is 0 Å². The van der Waals surface area contributed by atoms with Gasteiger partial charge in [0.1, 0.15) is 6.04 Å². The molecule has 0 bridgehead atoms. The fourth-order valence-corrected chi connectivity index (χ4v) is 2.31. The second-order valence-corrected chi connectivity index (χ2v) is 5.22. The van der Waals surface area contributed by atoms with E-state index in [0.29, 0.717) is 12.8 Å². The zero-order chi connectivity index (χ0) is 13.8. The lowest BCUT2D eigenvalue weighted by Gasteiger charge is -2.28. The zero-order valence-corrected chi connectivity index (χ0v) is 11.5. The Morgan fingerprint density at radius 3 is 2.39 bits per heavy atom. The highest BCUT2D eigenvalue weighted by atomic mass is 16.5. The monoisotopic (exact) mass is 256 g/mol. The van der Waals surface area contributed by atoms with E-state index in [1.807, 2.05) is 13.8 Å². The number of carbonyl (C=O) groups excluding carboxylic acids is 2. The van der Waals surface area contributed by atoms with Crippen molar-refractivity contribution in [1.82, 2.24) is 5.32 Å². The number of ether oxygens (including phenoxy) is 1. The van der Waals surface area contributed by atoms with E-state index in [-0.39, 0.29) is 11.8 Å². The van der Waals surface area contributed by atoms with Gasteiger partial charge in [-0.1, -0.05) is 33.1 Å². The van der Waals surface area contributed by atoms with Crippen molar-refractivity contribution >= 4 is 11.9 Å². The predicted molar refractivity (Wildman–Crippen MR) is 68.8 cm³/mol. The van der Waals surface area contributed by atoms with Gasteiger partial charge in [-0.25, -0.2) is 4.79 Å². The van der Waals surface area contributed by atoms with Gasteiger partial charge >= 0.3 is 5.97 Å². The molecule has 0 aromatic carbocycles. The molecule has 0 radical (unpaired) electrons. The second kappa shape index (κ2) is 6.18. The van der Waals surface area contributed by atoms with E-state index >= 15 is 0 Å². The molecule has 1 rings (SSSR count). The first-order valence-electron chi connectivity index (χ1n) is 6.62. The van der Waals surface area contributed by atoms with Gasteiger partial charge in [0.2, 0.25) is 5.91 Å². The molecule has 0 aromatic rings. The Bertz CT molecular complexity index is 311. The van der Waals surface area contributed by atoms with Gasteiger partial charge in [0, 0.05) is 0 Å². The maximum atomic E-state index is 12.2. The maximum Gasteiger partial charge on any atom is 0.328 e. The van der Waals surface area contributed by atoms with E-state index in [2.05, 4.69) is 5.32 Å². The average Bonchev–Trinajstić information content (AvgIpc) is 2.82. The van der Waals surface area contributed by atoms with Gasteiger partial charge in [-0.05, 0) is 18.8 Å². The highest BCUT2D eigenvalue weighted by molar-refractivity contribution is 5.90. The summed E-state index contributed by atoms with van der Waals surface area (Å²) in [5, 5.41) is 2.76. The molecule has 0 aromatic heterocycles. The van der Waals surface area contributed by atoms with E-state index in [4.69, 9.17) is 10.5 Å². The van der Waals surface area contributed by atoms with Crippen molar-refractivity contribution in [1.29, 1.82) is 0 Å². The number of methoxy groups -OCH3 is 1. The molecule has 0 aliphatic heterocycles. The normalized spacial score (nSPS) is 21.1. The Morgan fingerprint density at radius 1 is 1.39 bits per heavy atom. The fourth-order valence-electron chi connectivity index (χ4n) is 2.31. The molecule has 2 unspecified atom stereocenters. The van der Waals surface area contributed by atoms with Crippen LogP contribution in [0.25, 0.3) is 0 Å². The molecule has 0 spiro atoms. The van der Waals surface area contributed by atoms with E-state index in [0.717, 1.165) is 19.3 Å². The number of nitrogens with two attached hydrogens (primary N) is 1. The summed E-state index contributed by atoms with van der Waals surface area (Å²) in [6.45, 7) is 3.89. The van der Waals surface area contributed by atoms with Crippen LogP contribution in [0.3, 0.4) is 0 Å². The average molecular weight is 256 g/mol. The standard InChI is InChI=1S/C13H24N2O3/c1-4-9(2)10(11(16)18-3)15-12(17)13(14)7-5-6-8-13/h9-10H,4-8,14H2,1-3H3,(H,15,17). The second-order valence-electron chi connectivity index (χ2n) is 5.22. The van der Waals surface area contributed by atoms with E-state index in [9.17, 15) is 9.59 Å². The molecule has 1 amide bonds. The molecule has 18 heavy (non-hydrogen) atoms. The first-order valence-corrected chi connectivity index (χ1v) is 6.62. The number of rotatable bonds is 5. The van der Waals surface area contributed by atoms with Crippen LogP contribution in [0.2, 0.25) is 0 Å². The van der Waals surface area contributed by atoms with E-state index < -0.39 is 17.6 Å². The van der Waals surface area contributed by atoms with Crippen molar-refractivity contribution in [3.8, 4) is 0 Å². The van der Waals surface area contributed by atoms with Crippen molar-refractivity contribution < 1.29 is 14.3 Å². The summed E-state index contributed by atoms with van der Waals surface area (Å²) in [5.41, 5.74) is 5.26. The third-order valence-corrected chi connectivity index (χ3v) is 3.90. The highest BCUT2D eigenvalue weighted by Crippen LogP contribution is 2.27. The molecule has 2 atom stereocenters. The zero-order valence-electron chi connectivity index (χ0n) is 11.5. The summed E-state index contributed by atoms with van der Waals surface area (Å²) in [6, 6.07) is -0.603. The lowest BCUT2D eigenvalue weighted by molar-refractivity contribution is -0.147. The minimum Gasteiger partial charge on any atom is -0.467 e. The fraction of sp³-hybridized carbons (Fsp3) is 0.846. The lowest BCUT2D eigenvalue weighted by Crippen LogP contribution is -2.57. The number of hydrogen-bond donors (Lipinski definition) is 2. The van der Waals surface area contributed by atoms with Crippen LogP contribution in [0.5, 0.6) is 0 Å². The molecule has 104 valence electrons. The van der Waals surface area contributed by atoms with E-state index in [1.165, 1.54) is 7.11 Å². The van der Waals surface area contributed by atoms with Gasteiger partial charge in [0.25, 0.3) is 0 Å². The summed E-state index contributed by atoms with van der Waals surface area (Å²) in [7, 11) is 1.33. The molecular formula is C13H24N2O3. The largest absolute Gasteiger partial charge is 0.467 e. The smallest absolute Gasteiger partial charge is 0.328 e. The quantitative estimate of drug-likeness (QED) is 0.718. The third kappa shape index (κ3) is 3.22. The third-order valence-electron chi connectivity index (χ3n) is 3.90. The van der Waals surface area contributed by atoms with Crippen LogP contribution >= 0.6 is 0 Å². The molecule has 3 N–H and O–H groups in total. The Balaban J connectivity index is 2.71. The maximum absolute atomic E-state index is 12.2. The Labute approximate surface area is 108 Å². The number of hydrogen-bond acceptors (Lipinski definition) is 4. The topological polar surface area (TPSA) is 81.4 Å². The molecule has 1 aliphatic rings. The minimum absolute atomic E-state index is 0.0337. The van der Waals surface area contributed by atoms with Crippen molar-refractivity contribution in [2.24, 2.45) is 11.7 Å². The summed E-state index contributed by atoms with van der Waals surface area (Å²) < 4.78 is 4.74. The summed E-state index contributed by atoms with van der Waals surface area (Å²) in [5.74, 6) is -0.596. The van der Waals surface area contributed by atoms with Crippen LogP contribution in [-0.4, -0.2) is 30.6 Å². The Hall–Kier alpha value is -1.10. The lowest BCUT2D eigenvalue weighted by atomic mass is 9.94. The van der Waals surface area contributed by atoms with E-state index in [1.54, 1.807) is 0 Å². The molecule has 0 heterocycles. The predicted octanol–water partition coefficient (Wildman–Crippen LogP) is 0.962. The molecule has 5 nitrogen and oxygen atoms in total. The number of nitrogens with one attached hydrogen (secondary N) is 1. The van der Waals surface area contributed by atoms with Crippen LogP contribution in [-0.2, 0) is 14.3 Å². The van der Waals surface area contributed by atoms with Crippen molar-refractivity contribution in [2.75, 3.05) is 7.11 Å². The van der Waals surface area contributed by atoms with Gasteiger partial charge in [-0.3, -0.25) is 4.79 Å². The van der Waals surface area contributed by atoms with Crippen LogP contribution < -0.4 is 11.1 Å². The van der Waals surface area contributed by atoms with Crippen LogP contribution in [0.1, 0.15) is 46.0 Å². The van der Waals surface area contributed by atoms with Crippen molar-refractivity contribution in [2.45, 2.75) is 57.5 Å². The van der Waals surface area contributed by atoms with Crippen LogP contribution in [0.4, 0.5) is 0 Å². The van der Waals surface area contributed by atoms with Crippen LogP contribution in [0, 0.1) is 5.92 Å². The molecular weight excluding hydrogens is 232 g/mol. The SMILES string of the molecule is CCC(C)C(NC(=O)C1(N)CCCC1)C(=O)OC. The van der Waals surface area contributed by atoms with Crippen molar-refractivity contribution in [3.05, 3.63) is 0 Å². The summed E-state index contributed by atoms with van der Waals surface area (Å²) in [6.07, 6.45) is 4.10. The Kier molecular flexibility index (Phi) is 5.14. The summed E-state index contributed by atoms with van der Waals surface area (Å²) >= 11 is 0.